The molecule has 0 aliphatic carbocycles. The smallest absolute Gasteiger partial charge is 0.141 e. The van der Waals surface area contributed by atoms with Crippen LogP contribution in [0.5, 0.6) is 0 Å². The zero-order valence-electron chi connectivity index (χ0n) is 12.6. The Morgan fingerprint density at radius 3 is 2.50 bits per heavy atom. The molecule has 0 saturated carbocycles. The molecule has 0 aliphatic heterocycles. The molecule has 0 aliphatic rings. The lowest BCUT2D eigenvalue weighted by atomic mass is 10.2. The monoisotopic (exact) mass is 289 g/mol. The Kier molecular flexibility index (Phi) is 4.50. The van der Waals surface area contributed by atoms with Crippen LogP contribution >= 0.6 is 0 Å². The Bertz CT molecular complexity index is 781. The van der Waals surface area contributed by atoms with Crippen LogP contribution in [0.1, 0.15) is 25.7 Å². The molecule has 0 radical (unpaired) electrons. The molecule has 0 spiro atoms. The average Bonchev–Trinajstić information content (AvgIpc) is 2.94. The quantitative estimate of drug-likeness (QED) is 0.612. The molecule has 3 aromatic rings. The molecule has 0 atom stereocenters. The zero-order chi connectivity index (χ0) is 15.2. The molecule has 3 nitrogen and oxygen atoms in total. The summed E-state index contributed by atoms with van der Waals surface area (Å²) < 4.78 is 2.30. The summed E-state index contributed by atoms with van der Waals surface area (Å²) in [5.74, 6) is 1.03. The predicted octanol–water partition coefficient (Wildman–Crippen LogP) is 4.79. The van der Waals surface area contributed by atoms with Crippen LogP contribution in [0, 0.1) is 11.3 Å². The molecule has 1 heterocycles. The number of rotatable bonds is 6. The van der Waals surface area contributed by atoms with Crippen molar-refractivity contribution in [2.24, 2.45) is 0 Å². The Morgan fingerprint density at radius 2 is 1.68 bits per heavy atom. The van der Waals surface area contributed by atoms with Gasteiger partial charge in [0.25, 0.3) is 0 Å². The number of benzene rings is 2. The van der Waals surface area contributed by atoms with Crippen molar-refractivity contribution in [2.45, 2.75) is 32.2 Å². The number of unbranched alkanes of at least 4 members (excludes halogenated alkanes) is 3. The molecule has 2 aromatic carbocycles. The number of nitrogens with zero attached hydrogens (tertiary/aromatic N) is 3. The average molecular weight is 289 g/mol. The highest BCUT2D eigenvalue weighted by Crippen LogP contribution is 2.25. The fourth-order valence-corrected chi connectivity index (χ4v) is 2.76. The summed E-state index contributed by atoms with van der Waals surface area (Å²) in [7, 11) is 0. The maximum absolute atomic E-state index is 8.62. The molecule has 1 aromatic heterocycles. The van der Waals surface area contributed by atoms with E-state index in [1.165, 1.54) is 5.52 Å². The Balaban J connectivity index is 1.90. The molecule has 0 N–H and O–H groups in total. The summed E-state index contributed by atoms with van der Waals surface area (Å²) in [6.07, 6.45) is 3.77. The van der Waals surface area contributed by atoms with E-state index < -0.39 is 0 Å². The first kappa shape index (κ1) is 14.3. The van der Waals surface area contributed by atoms with Gasteiger partial charge in [-0.2, -0.15) is 5.26 Å². The lowest BCUT2D eigenvalue weighted by Gasteiger charge is -2.09. The van der Waals surface area contributed by atoms with Crippen LogP contribution in [0.15, 0.2) is 54.6 Å². The number of hydrogen-bond donors (Lipinski definition) is 0. The van der Waals surface area contributed by atoms with Crippen molar-refractivity contribution in [1.29, 1.82) is 5.26 Å². The molecule has 22 heavy (non-hydrogen) atoms. The van der Waals surface area contributed by atoms with Crippen LogP contribution in [0.4, 0.5) is 0 Å². The minimum absolute atomic E-state index is 0.649. The van der Waals surface area contributed by atoms with Crippen molar-refractivity contribution >= 4 is 11.0 Å². The molecule has 3 rings (SSSR count). The summed E-state index contributed by atoms with van der Waals surface area (Å²) in [4.78, 5) is 4.81. The van der Waals surface area contributed by atoms with Crippen molar-refractivity contribution in [3.8, 4) is 17.5 Å². The van der Waals surface area contributed by atoms with E-state index in [2.05, 4.69) is 41.0 Å². The summed E-state index contributed by atoms with van der Waals surface area (Å²) in [5.41, 5.74) is 3.37. The second kappa shape index (κ2) is 6.91. The number of nitriles is 1. The van der Waals surface area contributed by atoms with Gasteiger partial charge >= 0.3 is 0 Å². The Morgan fingerprint density at radius 1 is 0.909 bits per heavy atom. The number of aromatic nitrogens is 2. The van der Waals surface area contributed by atoms with Crippen LogP contribution in [0.25, 0.3) is 22.4 Å². The molecule has 0 unspecified atom stereocenters. The third kappa shape index (κ3) is 3.01. The minimum atomic E-state index is 0.649. The van der Waals surface area contributed by atoms with Crippen molar-refractivity contribution in [2.75, 3.05) is 0 Å². The highest BCUT2D eigenvalue weighted by Gasteiger charge is 2.11. The van der Waals surface area contributed by atoms with Gasteiger partial charge in [0.1, 0.15) is 5.82 Å². The van der Waals surface area contributed by atoms with E-state index in [1.54, 1.807) is 0 Å². The molecular weight excluding hydrogens is 270 g/mol. The van der Waals surface area contributed by atoms with Crippen molar-refractivity contribution in [3.63, 3.8) is 0 Å². The number of para-hydroxylation sites is 2. The standard InChI is InChI=1S/C19H19N3/c20-14-8-1-2-9-15-22-18-13-7-6-12-17(18)21-19(22)16-10-4-3-5-11-16/h3-7,10-13H,1-2,8-9,15H2. The van der Waals surface area contributed by atoms with Gasteiger partial charge in [-0.05, 0) is 25.0 Å². The van der Waals surface area contributed by atoms with Gasteiger partial charge < -0.3 is 4.57 Å². The van der Waals surface area contributed by atoms with Crippen LogP contribution < -0.4 is 0 Å². The second-order valence-electron chi connectivity index (χ2n) is 5.41. The number of imidazole rings is 1. The molecule has 0 bridgehead atoms. The normalized spacial score (nSPS) is 10.7. The van der Waals surface area contributed by atoms with Crippen LogP contribution in [-0.4, -0.2) is 9.55 Å². The van der Waals surface area contributed by atoms with E-state index in [-0.39, 0.29) is 0 Å². The van der Waals surface area contributed by atoms with Gasteiger partial charge in [0.05, 0.1) is 17.1 Å². The third-order valence-electron chi connectivity index (χ3n) is 3.86. The fourth-order valence-electron chi connectivity index (χ4n) is 2.76. The van der Waals surface area contributed by atoms with Gasteiger partial charge in [-0.3, -0.25) is 0 Å². The lowest BCUT2D eigenvalue weighted by molar-refractivity contribution is 0.605. The Hall–Kier alpha value is -2.60. The molecule has 0 amide bonds. The van der Waals surface area contributed by atoms with Gasteiger partial charge in [0, 0.05) is 18.5 Å². The van der Waals surface area contributed by atoms with E-state index in [1.807, 2.05) is 24.3 Å². The van der Waals surface area contributed by atoms with Gasteiger partial charge in [0.15, 0.2) is 0 Å². The third-order valence-corrected chi connectivity index (χ3v) is 3.86. The van der Waals surface area contributed by atoms with E-state index in [0.717, 1.165) is 42.7 Å². The maximum atomic E-state index is 8.62. The molecule has 0 fully saturated rings. The number of fused-ring (bicyclic) bond motifs is 1. The Labute approximate surface area is 130 Å². The summed E-state index contributed by atoms with van der Waals surface area (Å²) >= 11 is 0. The number of aryl methyl sites for hydroxylation is 1. The van der Waals surface area contributed by atoms with Gasteiger partial charge in [0.2, 0.25) is 0 Å². The van der Waals surface area contributed by atoms with Crippen molar-refractivity contribution in [3.05, 3.63) is 54.6 Å². The largest absolute Gasteiger partial charge is 0.324 e. The summed E-state index contributed by atoms with van der Waals surface area (Å²) in [6, 6.07) is 20.8. The van der Waals surface area contributed by atoms with E-state index >= 15 is 0 Å². The second-order valence-corrected chi connectivity index (χ2v) is 5.41. The molecular formula is C19H19N3. The van der Waals surface area contributed by atoms with E-state index in [0.29, 0.717) is 6.42 Å². The van der Waals surface area contributed by atoms with E-state index in [4.69, 9.17) is 10.2 Å². The fraction of sp³-hybridized carbons (Fsp3) is 0.263. The zero-order valence-corrected chi connectivity index (χ0v) is 12.6. The van der Waals surface area contributed by atoms with Crippen LogP contribution in [0.3, 0.4) is 0 Å². The number of hydrogen-bond acceptors (Lipinski definition) is 2. The van der Waals surface area contributed by atoms with Crippen LogP contribution in [-0.2, 0) is 6.54 Å². The van der Waals surface area contributed by atoms with Crippen molar-refractivity contribution in [1.82, 2.24) is 9.55 Å². The van der Waals surface area contributed by atoms with Gasteiger partial charge in [-0.15, -0.1) is 0 Å². The summed E-state index contributed by atoms with van der Waals surface area (Å²) in [6.45, 7) is 0.941. The van der Waals surface area contributed by atoms with E-state index in [9.17, 15) is 0 Å². The molecule has 3 heteroatoms. The van der Waals surface area contributed by atoms with Crippen LogP contribution in [0.2, 0.25) is 0 Å². The highest BCUT2D eigenvalue weighted by molar-refractivity contribution is 5.80. The SMILES string of the molecule is N#CCCCCCn1c(-c2ccccc2)nc2ccccc21. The predicted molar refractivity (Wildman–Crippen MR) is 89.3 cm³/mol. The minimum Gasteiger partial charge on any atom is -0.324 e. The maximum Gasteiger partial charge on any atom is 0.141 e. The summed E-state index contributed by atoms with van der Waals surface area (Å²) in [5, 5.41) is 8.62. The molecule has 110 valence electrons. The van der Waals surface area contributed by atoms with Crippen molar-refractivity contribution < 1.29 is 0 Å². The van der Waals surface area contributed by atoms with Gasteiger partial charge in [-0.1, -0.05) is 48.9 Å². The first-order valence-corrected chi connectivity index (χ1v) is 7.78. The first-order valence-electron chi connectivity index (χ1n) is 7.78. The first-order chi connectivity index (χ1) is 10.9. The molecule has 0 saturated heterocycles. The lowest BCUT2D eigenvalue weighted by Crippen LogP contribution is -2.00. The van der Waals surface area contributed by atoms with Gasteiger partial charge in [-0.25, -0.2) is 4.98 Å². The highest BCUT2D eigenvalue weighted by atomic mass is 15.1. The topological polar surface area (TPSA) is 41.6 Å².